The van der Waals surface area contributed by atoms with E-state index in [4.69, 9.17) is 0 Å². The van der Waals surface area contributed by atoms with Gasteiger partial charge in [0, 0.05) is 16.7 Å². The summed E-state index contributed by atoms with van der Waals surface area (Å²) in [6, 6.07) is 9.73. The number of nitrogens with zero attached hydrogens (tertiary/aromatic N) is 4. The van der Waals surface area contributed by atoms with E-state index >= 15 is 0 Å². The van der Waals surface area contributed by atoms with Crippen LogP contribution < -0.4 is 5.56 Å². The third-order valence-corrected chi connectivity index (χ3v) is 3.69. The molecule has 0 fully saturated rings. The number of nitrogens with one attached hydrogen (secondary N) is 1. The first-order valence-electron chi connectivity index (χ1n) is 5.71. The van der Waals surface area contributed by atoms with E-state index < -0.39 is 0 Å². The van der Waals surface area contributed by atoms with Crippen molar-refractivity contribution in [3.63, 3.8) is 0 Å². The number of benzene rings is 1. The van der Waals surface area contributed by atoms with Gasteiger partial charge in [-0.25, -0.2) is 4.98 Å². The van der Waals surface area contributed by atoms with Gasteiger partial charge >= 0.3 is 0 Å². The van der Waals surface area contributed by atoms with Crippen LogP contribution in [0.2, 0.25) is 0 Å². The second-order valence-electron chi connectivity index (χ2n) is 4.12. The number of aromatic nitrogens is 5. The zero-order chi connectivity index (χ0) is 13.2. The van der Waals surface area contributed by atoms with E-state index in [1.165, 1.54) is 16.1 Å². The molecule has 0 amide bonds. The first kappa shape index (κ1) is 11.9. The molecular weight excluding hydrogens is 262 g/mol. The number of fused-ring (bicyclic) bond motifs is 1. The maximum Gasteiger partial charge on any atom is 0.275 e. The van der Waals surface area contributed by atoms with Crippen LogP contribution in [0.4, 0.5) is 0 Å². The van der Waals surface area contributed by atoms with Gasteiger partial charge in [0.05, 0.1) is 5.69 Å². The minimum Gasteiger partial charge on any atom is -0.267 e. The van der Waals surface area contributed by atoms with E-state index in [9.17, 15) is 4.79 Å². The van der Waals surface area contributed by atoms with E-state index in [1.807, 2.05) is 0 Å². The minimum atomic E-state index is -0.200. The predicted molar refractivity (Wildman–Crippen MR) is 72.1 cm³/mol. The van der Waals surface area contributed by atoms with Gasteiger partial charge in [-0.1, -0.05) is 22.8 Å². The maximum atomic E-state index is 11.7. The van der Waals surface area contributed by atoms with Gasteiger partial charge in [0.1, 0.15) is 0 Å². The first-order valence-corrected chi connectivity index (χ1v) is 6.70. The van der Waals surface area contributed by atoms with Crippen LogP contribution in [0, 0.1) is 6.92 Å². The first-order chi connectivity index (χ1) is 9.22. The lowest BCUT2D eigenvalue weighted by atomic mass is 10.2. The van der Waals surface area contributed by atoms with Crippen LogP contribution in [0.1, 0.15) is 11.3 Å². The molecule has 2 heterocycles. The standard InChI is InChI=1S/C12H11N5OS/c1-8-2-4-10(5-3-8)19-7-9-6-11(18)17-12(13-9)14-15-16-17/h2-6H,7H2,1H3,(H,13,14,16). The fraction of sp³-hybridized carbons (Fsp3) is 0.167. The average molecular weight is 273 g/mol. The third-order valence-electron chi connectivity index (χ3n) is 2.65. The van der Waals surface area contributed by atoms with Crippen molar-refractivity contribution in [1.29, 1.82) is 0 Å². The summed E-state index contributed by atoms with van der Waals surface area (Å²) in [6.45, 7) is 2.05. The molecule has 1 N–H and O–H groups in total. The molecule has 0 atom stereocenters. The van der Waals surface area contributed by atoms with Gasteiger partial charge in [0.2, 0.25) is 0 Å². The zero-order valence-electron chi connectivity index (χ0n) is 10.2. The van der Waals surface area contributed by atoms with Crippen molar-refractivity contribution < 1.29 is 0 Å². The summed E-state index contributed by atoms with van der Waals surface area (Å²) in [5.41, 5.74) is 1.73. The molecule has 0 saturated carbocycles. The van der Waals surface area contributed by atoms with E-state index in [1.54, 1.807) is 11.8 Å². The molecule has 3 rings (SSSR count). The van der Waals surface area contributed by atoms with Crippen LogP contribution in [-0.4, -0.2) is 25.0 Å². The molecule has 2 aromatic heterocycles. The molecule has 0 saturated heterocycles. The van der Waals surface area contributed by atoms with Gasteiger partial charge in [-0.2, -0.15) is 9.73 Å². The Labute approximate surface area is 112 Å². The van der Waals surface area contributed by atoms with E-state index in [0.29, 0.717) is 17.2 Å². The molecule has 0 bridgehead atoms. The highest BCUT2D eigenvalue weighted by atomic mass is 32.2. The normalized spacial score (nSPS) is 11.0. The molecule has 96 valence electrons. The summed E-state index contributed by atoms with van der Waals surface area (Å²) in [6.07, 6.45) is 0. The lowest BCUT2D eigenvalue weighted by Gasteiger charge is -2.01. The Hall–Kier alpha value is -2.15. The second kappa shape index (κ2) is 4.85. The monoisotopic (exact) mass is 273 g/mol. The Bertz CT molecular complexity index is 762. The van der Waals surface area contributed by atoms with Crippen LogP contribution in [-0.2, 0) is 5.75 Å². The van der Waals surface area contributed by atoms with Crippen molar-refractivity contribution in [2.24, 2.45) is 0 Å². The largest absolute Gasteiger partial charge is 0.275 e. The molecular formula is C12H11N5OS. The van der Waals surface area contributed by atoms with E-state index in [-0.39, 0.29) is 5.56 Å². The summed E-state index contributed by atoms with van der Waals surface area (Å²) in [5.74, 6) is 0.925. The summed E-state index contributed by atoms with van der Waals surface area (Å²) in [4.78, 5) is 17.1. The Morgan fingerprint density at radius 1 is 1.32 bits per heavy atom. The number of aryl methyl sites for hydroxylation is 1. The molecule has 0 aliphatic carbocycles. The number of H-pyrrole nitrogens is 1. The minimum absolute atomic E-state index is 0.200. The highest BCUT2D eigenvalue weighted by Crippen LogP contribution is 2.21. The van der Waals surface area contributed by atoms with Crippen LogP contribution in [0.15, 0.2) is 40.0 Å². The predicted octanol–water partition coefficient (Wildman–Crippen LogP) is 1.41. The van der Waals surface area contributed by atoms with Crippen LogP contribution in [0.25, 0.3) is 5.78 Å². The summed E-state index contributed by atoms with van der Waals surface area (Å²) in [5, 5.41) is 9.76. The quantitative estimate of drug-likeness (QED) is 0.730. The SMILES string of the molecule is Cc1ccc(SCc2cc(=O)n3[nH]nnc3n2)cc1. The van der Waals surface area contributed by atoms with Gasteiger partial charge < -0.3 is 0 Å². The van der Waals surface area contributed by atoms with Crippen molar-refractivity contribution >= 4 is 17.5 Å². The smallest absolute Gasteiger partial charge is 0.267 e. The van der Waals surface area contributed by atoms with E-state index in [0.717, 1.165) is 4.90 Å². The van der Waals surface area contributed by atoms with Crippen LogP contribution in [0.5, 0.6) is 0 Å². The molecule has 0 unspecified atom stereocenters. The summed E-state index contributed by atoms with van der Waals surface area (Å²) >= 11 is 1.63. The molecule has 6 nitrogen and oxygen atoms in total. The lowest BCUT2D eigenvalue weighted by molar-refractivity contribution is 0.798. The molecule has 7 heteroatoms. The Morgan fingerprint density at radius 2 is 2.11 bits per heavy atom. The molecule has 0 aliphatic rings. The van der Waals surface area contributed by atoms with Crippen molar-refractivity contribution in [1.82, 2.24) is 25.0 Å². The fourth-order valence-electron chi connectivity index (χ4n) is 1.65. The van der Waals surface area contributed by atoms with Gasteiger partial charge in [-0.3, -0.25) is 4.79 Å². The Kier molecular flexibility index (Phi) is 3.04. The third kappa shape index (κ3) is 2.50. The van der Waals surface area contributed by atoms with Crippen molar-refractivity contribution in [3.8, 4) is 0 Å². The van der Waals surface area contributed by atoms with Crippen LogP contribution >= 0.6 is 11.8 Å². The van der Waals surface area contributed by atoms with Gasteiger partial charge in [-0.05, 0) is 24.3 Å². The molecule has 0 spiro atoms. The van der Waals surface area contributed by atoms with Crippen molar-refractivity contribution in [2.75, 3.05) is 0 Å². The fourth-order valence-corrected chi connectivity index (χ4v) is 2.45. The highest BCUT2D eigenvalue weighted by Gasteiger charge is 2.05. The molecule has 1 aromatic carbocycles. The highest BCUT2D eigenvalue weighted by molar-refractivity contribution is 7.98. The maximum absolute atomic E-state index is 11.7. The molecule has 3 aromatic rings. The average Bonchev–Trinajstić information content (AvgIpc) is 2.87. The zero-order valence-corrected chi connectivity index (χ0v) is 11.0. The number of hydrogen-bond acceptors (Lipinski definition) is 5. The number of thioether (sulfide) groups is 1. The summed E-state index contributed by atoms with van der Waals surface area (Å²) in [7, 11) is 0. The Balaban J connectivity index is 1.81. The summed E-state index contributed by atoms with van der Waals surface area (Å²) < 4.78 is 1.21. The van der Waals surface area contributed by atoms with E-state index in [2.05, 4.69) is 51.7 Å². The number of tetrazole rings is 1. The van der Waals surface area contributed by atoms with Crippen molar-refractivity contribution in [2.45, 2.75) is 17.6 Å². The molecule has 0 radical (unpaired) electrons. The van der Waals surface area contributed by atoms with Gasteiger partial charge in [-0.15, -0.1) is 11.8 Å². The lowest BCUT2D eigenvalue weighted by Crippen LogP contribution is -2.15. The van der Waals surface area contributed by atoms with Crippen LogP contribution in [0.3, 0.4) is 0 Å². The van der Waals surface area contributed by atoms with Crippen molar-refractivity contribution in [3.05, 3.63) is 51.9 Å². The number of aromatic amines is 1. The topological polar surface area (TPSA) is 75.9 Å². The number of hydrogen-bond donors (Lipinski definition) is 1. The molecule has 0 aliphatic heterocycles. The number of rotatable bonds is 3. The van der Waals surface area contributed by atoms with Gasteiger partial charge in [0.15, 0.2) is 0 Å². The Morgan fingerprint density at radius 3 is 2.89 bits per heavy atom. The van der Waals surface area contributed by atoms with Gasteiger partial charge in [0.25, 0.3) is 11.3 Å². The second-order valence-corrected chi connectivity index (χ2v) is 5.17. The molecule has 19 heavy (non-hydrogen) atoms.